The third kappa shape index (κ3) is 4.58. The Balaban J connectivity index is 2.26. The van der Waals surface area contributed by atoms with Crippen LogP contribution in [0.15, 0.2) is 0 Å². The second-order valence-corrected chi connectivity index (χ2v) is 5.33. The summed E-state index contributed by atoms with van der Waals surface area (Å²) in [4.78, 5) is 11.7. The van der Waals surface area contributed by atoms with Crippen molar-refractivity contribution in [1.82, 2.24) is 5.32 Å². The van der Waals surface area contributed by atoms with Crippen LogP contribution in [0.1, 0.15) is 46.0 Å². The van der Waals surface area contributed by atoms with Gasteiger partial charge in [-0.15, -0.1) is 0 Å². The molecule has 4 heteroatoms. The lowest BCUT2D eigenvalue weighted by molar-refractivity contribution is -0.148. The van der Waals surface area contributed by atoms with E-state index in [2.05, 4.69) is 5.32 Å². The van der Waals surface area contributed by atoms with Crippen molar-refractivity contribution < 1.29 is 14.3 Å². The Morgan fingerprint density at radius 2 is 2.06 bits per heavy atom. The van der Waals surface area contributed by atoms with Crippen molar-refractivity contribution in [3.8, 4) is 0 Å². The fraction of sp³-hybridized carbons (Fsp3) is 0.929. The lowest BCUT2D eigenvalue weighted by Crippen LogP contribution is -2.50. The highest BCUT2D eigenvalue weighted by Gasteiger charge is 2.33. The highest BCUT2D eigenvalue weighted by Crippen LogP contribution is 2.24. The molecule has 1 aliphatic carbocycles. The second kappa shape index (κ2) is 7.74. The van der Waals surface area contributed by atoms with Gasteiger partial charge in [-0.2, -0.15) is 0 Å². The summed E-state index contributed by atoms with van der Waals surface area (Å²) in [6, 6.07) is 0. The van der Waals surface area contributed by atoms with E-state index in [9.17, 15) is 4.79 Å². The minimum absolute atomic E-state index is 0.214. The molecule has 18 heavy (non-hydrogen) atoms. The van der Waals surface area contributed by atoms with Crippen molar-refractivity contribution in [3.05, 3.63) is 0 Å². The lowest BCUT2D eigenvalue weighted by atomic mass is 9.98. The van der Waals surface area contributed by atoms with Crippen LogP contribution in [0.4, 0.5) is 0 Å². The molecular formula is C14H27NO3. The maximum Gasteiger partial charge on any atom is 0.325 e. The summed E-state index contributed by atoms with van der Waals surface area (Å²) < 4.78 is 10.5. The first-order valence-corrected chi connectivity index (χ1v) is 7.03. The molecule has 0 amide bonds. The van der Waals surface area contributed by atoms with Gasteiger partial charge < -0.3 is 14.8 Å². The van der Waals surface area contributed by atoms with Crippen LogP contribution < -0.4 is 5.32 Å². The van der Waals surface area contributed by atoms with E-state index in [1.54, 1.807) is 0 Å². The number of carbonyl (C=O) groups excluding carboxylic acids is 1. The maximum atomic E-state index is 11.7. The molecule has 0 bridgehead atoms. The van der Waals surface area contributed by atoms with Crippen LogP contribution in [0.2, 0.25) is 0 Å². The number of hydrogen-bond acceptors (Lipinski definition) is 4. The van der Waals surface area contributed by atoms with Gasteiger partial charge in [-0.1, -0.05) is 19.8 Å². The van der Waals surface area contributed by atoms with Gasteiger partial charge in [-0.3, -0.25) is 4.79 Å². The van der Waals surface area contributed by atoms with E-state index in [0.29, 0.717) is 13.0 Å². The number of rotatable bonds is 8. The van der Waals surface area contributed by atoms with Crippen LogP contribution in [0.3, 0.4) is 0 Å². The average Bonchev–Trinajstić information content (AvgIpc) is 2.87. The fourth-order valence-corrected chi connectivity index (χ4v) is 2.58. The number of methoxy groups -OCH3 is 1. The van der Waals surface area contributed by atoms with Gasteiger partial charge in [0.15, 0.2) is 0 Å². The monoisotopic (exact) mass is 257 g/mol. The van der Waals surface area contributed by atoms with Crippen LogP contribution in [0.5, 0.6) is 0 Å². The third-order valence-electron chi connectivity index (χ3n) is 3.78. The van der Waals surface area contributed by atoms with Gasteiger partial charge in [0.25, 0.3) is 0 Å². The predicted molar refractivity (Wildman–Crippen MR) is 71.5 cm³/mol. The van der Waals surface area contributed by atoms with Crippen molar-refractivity contribution in [1.29, 1.82) is 0 Å². The van der Waals surface area contributed by atoms with Gasteiger partial charge in [0.2, 0.25) is 0 Å². The van der Waals surface area contributed by atoms with Crippen LogP contribution in [0.25, 0.3) is 0 Å². The number of esters is 1. The number of nitrogens with one attached hydrogen (secondary N) is 1. The standard InChI is InChI=1S/C14H27NO3/c1-4-15-14(2,13(16)17-3)9-10-18-11-12-7-5-6-8-12/h12,15H,4-11H2,1-3H3. The molecule has 0 aliphatic heterocycles. The summed E-state index contributed by atoms with van der Waals surface area (Å²) in [6.45, 7) is 6.05. The van der Waals surface area contributed by atoms with Crippen LogP contribution in [0, 0.1) is 5.92 Å². The Kier molecular flexibility index (Phi) is 6.65. The maximum absolute atomic E-state index is 11.7. The summed E-state index contributed by atoms with van der Waals surface area (Å²) in [6.07, 6.45) is 5.92. The molecule has 1 rings (SSSR count). The molecule has 0 spiro atoms. The Morgan fingerprint density at radius 1 is 1.39 bits per heavy atom. The topological polar surface area (TPSA) is 47.6 Å². The van der Waals surface area contributed by atoms with Gasteiger partial charge in [0.1, 0.15) is 5.54 Å². The van der Waals surface area contributed by atoms with Gasteiger partial charge in [-0.05, 0) is 38.6 Å². The Hall–Kier alpha value is -0.610. The SMILES string of the molecule is CCNC(C)(CCOCC1CCCC1)C(=O)OC. The lowest BCUT2D eigenvalue weighted by Gasteiger charge is -2.27. The Bertz CT molecular complexity index is 251. The zero-order chi connectivity index (χ0) is 13.4. The summed E-state index contributed by atoms with van der Waals surface area (Å²) in [7, 11) is 1.43. The second-order valence-electron chi connectivity index (χ2n) is 5.33. The van der Waals surface area contributed by atoms with Gasteiger partial charge in [0.05, 0.1) is 7.11 Å². The van der Waals surface area contributed by atoms with Crippen LogP contribution >= 0.6 is 0 Å². The summed E-state index contributed by atoms with van der Waals surface area (Å²) in [5.74, 6) is 0.516. The highest BCUT2D eigenvalue weighted by molar-refractivity contribution is 5.80. The molecule has 0 saturated heterocycles. The number of likely N-dealkylation sites (N-methyl/N-ethyl adjacent to an activating group) is 1. The minimum Gasteiger partial charge on any atom is -0.468 e. The van der Waals surface area contributed by atoms with Crippen molar-refractivity contribution in [2.75, 3.05) is 26.9 Å². The first-order chi connectivity index (χ1) is 8.62. The zero-order valence-electron chi connectivity index (χ0n) is 12.0. The molecule has 1 unspecified atom stereocenters. The minimum atomic E-state index is -0.626. The van der Waals surface area contributed by atoms with E-state index in [4.69, 9.17) is 9.47 Å². The number of ether oxygens (including phenoxy) is 2. The smallest absolute Gasteiger partial charge is 0.325 e. The zero-order valence-corrected chi connectivity index (χ0v) is 12.0. The molecule has 1 fully saturated rings. The normalized spacial score (nSPS) is 19.7. The van der Waals surface area contributed by atoms with E-state index < -0.39 is 5.54 Å². The molecule has 1 atom stereocenters. The first-order valence-electron chi connectivity index (χ1n) is 7.03. The van der Waals surface area contributed by atoms with Crippen LogP contribution in [-0.4, -0.2) is 38.4 Å². The van der Waals surface area contributed by atoms with Crippen LogP contribution in [-0.2, 0) is 14.3 Å². The molecule has 0 aromatic rings. The van der Waals surface area contributed by atoms with E-state index in [1.807, 2.05) is 13.8 Å². The molecule has 0 aromatic carbocycles. The molecule has 4 nitrogen and oxygen atoms in total. The van der Waals surface area contributed by atoms with Gasteiger partial charge in [-0.25, -0.2) is 0 Å². The predicted octanol–water partition coefficient (Wildman–Crippen LogP) is 2.12. The Morgan fingerprint density at radius 3 is 2.61 bits per heavy atom. The molecule has 1 N–H and O–H groups in total. The molecule has 1 saturated carbocycles. The highest BCUT2D eigenvalue weighted by atomic mass is 16.5. The molecular weight excluding hydrogens is 230 g/mol. The van der Waals surface area contributed by atoms with E-state index in [1.165, 1.54) is 32.8 Å². The quantitative estimate of drug-likeness (QED) is 0.534. The van der Waals surface area contributed by atoms with Crippen molar-refractivity contribution >= 4 is 5.97 Å². The van der Waals surface area contributed by atoms with E-state index in [-0.39, 0.29) is 5.97 Å². The molecule has 106 valence electrons. The van der Waals surface area contributed by atoms with Crippen molar-refractivity contribution in [3.63, 3.8) is 0 Å². The van der Waals surface area contributed by atoms with Crippen molar-refractivity contribution in [2.45, 2.75) is 51.5 Å². The van der Waals surface area contributed by atoms with Gasteiger partial charge in [0, 0.05) is 13.2 Å². The third-order valence-corrected chi connectivity index (χ3v) is 3.78. The summed E-state index contributed by atoms with van der Waals surface area (Å²) >= 11 is 0. The molecule has 0 radical (unpaired) electrons. The number of carbonyl (C=O) groups is 1. The summed E-state index contributed by atoms with van der Waals surface area (Å²) in [5.41, 5.74) is -0.626. The molecule has 0 heterocycles. The summed E-state index contributed by atoms with van der Waals surface area (Å²) in [5, 5.41) is 3.18. The average molecular weight is 257 g/mol. The molecule has 0 aromatic heterocycles. The number of hydrogen-bond donors (Lipinski definition) is 1. The van der Waals surface area contributed by atoms with E-state index in [0.717, 1.165) is 19.1 Å². The van der Waals surface area contributed by atoms with Gasteiger partial charge >= 0.3 is 5.97 Å². The Labute approximate surface area is 110 Å². The van der Waals surface area contributed by atoms with Crippen molar-refractivity contribution in [2.24, 2.45) is 5.92 Å². The largest absolute Gasteiger partial charge is 0.468 e. The fourth-order valence-electron chi connectivity index (χ4n) is 2.58. The van der Waals surface area contributed by atoms with E-state index >= 15 is 0 Å². The molecule has 1 aliphatic rings. The first kappa shape index (κ1) is 15.4.